The molecule has 1 aromatic rings. The van der Waals surface area contributed by atoms with Crippen molar-refractivity contribution in [2.24, 2.45) is 11.3 Å². The standard InChI is InChI=1S/C19H32O2/c1-16(2)10-12-20-14-17-6-8-18(9-7-17)15-21-13-11-19(3,4)5/h6-9,16H,10-15H2,1-5H3. The fourth-order valence-corrected chi connectivity index (χ4v) is 1.81. The minimum absolute atomic E-state index is 0.344. The molecule has 1 aromatic carbocycles. The van der Waals surface area contributed by atoms with Crippen molar-refractivity contribution in [2.45, 2.75) is 60.7 Å². The molecule has 0 aromatic heterocycles. The Morgan fingerprint density at radius 2 is 1.33 bits per heavy atom. The van der Waals surface area contributed by atoms with Crippen LogP contribution in [0.4, 0.5) is 0 Å². The van der Waals surface area contributed by atoms with Crippen LogP contribution in [0.3, 0.4) is 0 Å². The van der Waals surface area contributed by atoms with E-state index in [1.165, 1.54) is 11.1 Å². The first-order valence-corrected chi connectivity index (χ1v) is 8.10. The SMILES string of the molecule is CC(C)CCOCc1ccc(COCCC(C)(C)C)cc1. The molecular weight excluding hydrogens is 260 g/mol. The summed E-state index contributed by atoms with van der Waals surface area (Å²) in [5, 5.41) is 0. The van der Waals surface area contributed by atoms with Crippen molar-refractivity contribution < 1.29 is 9.47 Å². The largest absolute Gasteiger partial charge is 0.377 e. The van der Waals surface area contributed by atoms with Crippen molar-refractivity contribution >= 4 is 0 Å². The van der Waals surface area contributed by atoms with Crippen LogP contribution >= 0.6 is 0 Å². The Bertz CT molecular complexity index is 374. The van der Waals surface area contributed by atoms with E-state index < -0.39 is 0 Å². The van der Waals surface area contributed by atoms with Crippen LogP contribution in [0.5, 0.6) is 0 Å². The van der Waals surface area contributed by atoms with E-state index in [2.05, 4.69) is 58.9 Å². The third-order valence-corrected chi connectivity index (χ3v) is 3.40. The Balaban J connectivity index is 2.21. The molecule has 1 rings (SSSR count). The zero-order valence-electron chi connectivity index (χ0n) is 14.4. The summed E-state index contributed by atoms with van der Waals surface area (Å²) in [6, 6.07) is 8.55. The zero-order valence-corrected chi connectivity index (χ0v) is 14.4. The van der Waals surface area contributed by atoms with Gasteiger partial charge in [-0.15, -0.1) is 0 Å². The van der Waals surface area contributed by atoms with Gasteiger partial charge in [0.05, 0.1) is 13.2 Å². The molecule has 0 radical (unpaired) electrons. The van der Waals surface area contributed by atoms with E-state index in [0.717, 1.165) is 26.1 Å². The van der Waals surface area contributed by atoms with Crippen LogP contribution in [0, 0.1) is 11.3 Å². The summed E-state index contributed by atoms with van der Waals surface area (Å²) in [7, 11) is 0. The van der Waals surface area contributed by atoms with Crippen LogP contribution in [-0.2, 0) is 22.7 Å². The van der Waals surface area contributed by atoms with Gasteiger partial charge in [0.15, 0.2) is 0 Å². The minimum Gasteiger partial charge on any atom is -0.377 e. The van der Waals surface area contributed by atoms with Gasteiger partial charge in [-0.2, -0.15) is 0 Å². The van der Waals surface area contributed by atoms with Crippen LogP contribution in [0.15, 0.2) is 24.3 Å². The Labute approximate surface area is 130 Å². The average Bonchev–Trinajstić information content (AvgIpc) is 2.40. The van der Waals surface area contributed by atoms with Gasteiger partial charge in [0.2, 0.25) is 0 Å². The van der Waals surface area contributed by atoms with E-state index in [4.69, 9.17) is 9.47 Å². The second-order valence-electron chi connectivity index (χ2n) is 7.41. The van der Waals surface area contributed by atoms with E-state index in [1.54, 1.807) is 0 Å². The molecule has 0 N–H and O–H groups in total. The third-order valence-electron chi connectivity index (χ3n) is 3.40. The molecule has 0 unspecified atom stereocenters. The Hall–Kier alpha value is -0.860. The summed E-state index contributed by atoms with van der Waals surface area (Å²) in [5.41, 5.74) is 2.81. The molecule has 2 nitrogen and oxygen atoms in total. The summed E-state index contributed by atoms with van der Waals surface area (Å²) in [5.74, 6) is 0.706. The summed E-state index contributed by atoms with van der Waals surface area (Å²) >= 11 is 0. The fraction of sp³-hybridized carbons (Fsp3) is 0.684. The highest BCUT2D eigenvalue weighted by atomic mass is 16.5. The van der Waals surface area contributed by atoms with Gasteiger partial charge in [-0.05, 0) is 35.3 Å². The summed E-state index contributed by atoms with van der Waals surface area (Å²) < 4.78 is 11.4. The lowest BCUT2D eigenvalue weighted by Crippen LogP contribution is -2.09. The number of rotatable bonds is 9. The first kappa shape index (κ1) is 18.2. The molecule has 0 saturated heterocycles. The van der Waals surface area contributed by atoms with Crippen LogP contribution in [0.25, 0.3) is 0 Å². The lowest BCUT2D eigenvalue weighted by atomic mass is 9.93. The smallest absolute Gasteiger partial charge is 0.0716 e. The van der Waals surface area contributed by atoms with Gasteiger partial charge in [-0.1, -0.05) is 58.9 Å². The van der Waals surface area contributed by atoms with Crippen molar-refractivity contribution in [3.63, 3.8) is 0 Å². The van der Waals surface area contributed by atoms with Crippen molar-refractivity contribution in [1.82, 2.24) is 0 Å². The van der Waals surface area contributed by atoms with E-state index in [0.29, 0.717) is 24.5 Å². The highest BCUT2D eigenvalue weighted by Crippen LogP contribution is 2.18. The Morgan fingerprint density at radius 1 is 0.857 bits per heavy atom. The lowest BCUT2D eigenvalue weighted by Gasteiger charge is -2.17. The minimum atomic E-state index is 0.344. The topological polar surface area (TPSA) is 18.5 Å². The van der Waals surface area contributed by atoms with E-state index in [1.807, 2.05) is 0 Å². The highest BCUT2D eigenvalue weighted by molar-refractivity contribution is 5.21. The molecule has 0 atom stereocenters. The van der Waals surface area contributed by atoms with Gasteiger partial charge in [0, 0.05) is 13.2 Å². The Morgan fingerprint density at radius 3 is 1.76 bits per heavy atom. The van der Waals surface area contributed by atoms with Gasteiger partial charge in [0.25, 0.3) is 0 Å². The van der Waals surface area contributed by atoms with Crippen molar-refractivity contribution in [1.29, 1.82) is 0 Å². The molecule has 0 aliphatic heterocycles. The molecule has 0 amide bonds. The average molecular weight is 292 g/mol. The third kappa shape index (κ3) is 9.65. The van der Waals surface area contributed by atoms with Crippen LogP contribution in [0.1, 0.15) is 58.6 Å². The molecule has 0 fully saturated rings. The molecule has 0 heterocycles. The normalized spacial score (nSPS) is 12.1. The zero-order chi connectivity index (χ0) is 15.7. The maximum Gasteiger partial charge on any atom is 0.0716 e. The molecule has 0 saturated carbocycles. The van der Waals surface area contributed by atoms with Crippen molar-refractivity contribution in [3.8, 4) is 0 Å². The molecule has 0 aliphatic carbocycles. The van der Waals surface area contributed by atoms with Gasteiger partial charge in [0.1, 0.15) is 0 Å². The highest BCUT2D eigenvalue weighted by Gasteiger charge is 2.09. The number of benzene rings is 1. The van der Waals surface area contributed by atoms with Crippen LogP contribution in [-0.4, -0.2) is 13.2 Å². The Kier molecular flexibility index (Phi) is 7.98. The van der Waals surface area contributed by atoms with Gasteiger partial charge >= 0.3 is 0 Å². The first-order valence-electron chi connectivity index (χ1n) is 8.10. The van der Waals surface area contributed by atoms with Gasteiger partial charge < -0.3 is 9.47 Å². The molecule has 120 valence electrons. The second kappa shape index (κ2) is 9.22. The molecule has 0 spiro atoms. The molecule has 2 heteroatoms. The van der Waals surface area contributed by atoms with E-state index in [9.17, 15) is 0 Å². The lowest BCUT2D eigenvalue weighted by molar-refractivity contribution is 0.0960. The van der Waals surface area contributed by atoms with E-state index in [-0.39, 0.29) is 0 Å². The van der Waals surface area contributed by atoms with Crippen molar-refractivity contribution in [3.05, 3.63) is 35.4 Å². The first-order chi connectivity index (χ1) is 9.87. The number of hydrogen-bond acceptors (Lipinski definition) is 2. The summed E-state index contributed by atoms with van der Waals surface area (Å²) in [6.45, 7) is 14.2. The quantitative estimate of drug-likeness (QED) is 0.582. The number of ether oxygens (including phenoxy) is 2. The summed E-state index contributed by atoms with van der Waals surface area (Å²) in [6.07, 6.45) is 2.22. The van der Waals surface area contributed by atoms with Crippen LogP contribution < -0.4 is 0 Å². The predicted molar refractivity (Wildman–Crippen MR) is 89.3 cm³/mol. The van der Waals surface area contributed by atoms with E-state index >= 15 is 0 Å². The van der Waals surface area contributed by atoms with Gasteiger partial charge in [-0.25, -0.2) is 0 Å². The van der Waals surface area contributed by atoms with Crippen LogP contribution in [0.2, 0.25) is 0 Å². The molecule has 0 aliphatic rings. The summed E-state index contributed by atoms with van der Waals surface area (Å²) in [4.78, 5) is 0. The van der Waals surface area contributed by atoms with Crippen molar-refractivity contribution in [2.75, 3.05) is 13.2 Å². The number of hydrogen-bond donors (Lipinski definition) is 0. The second-order valence-corrected chi connectivity index (χ2v) is 7.41. The van der Waals surface area contributed by atoms with Gasteiger partial charge in [-0.3, -0.25) is 0 Å². The predicted octanol–water partition coefficient (Wildman–Crippen LogP) is 5.20. The molecular formula is C19H32O2. The molecule has 0 bridgehead atoms. The maximum absolute atomic E-state index is 5.73. The fourth-order valence-electron chi connectivity index (χ4n) is 1.81. The molecule has 21 heavy (non-hydrogen) atoms. The monoisotopic (exact) mass is 292 g/mol. The maximum atomic E-state index is 5.73.